The minimum absolute atomic E-state index is 0.00291. The fourth-order valence-electron chi connectivity index (χ4n) is 2.69. The van der Waals surface area contributed by atoms with Crippen molar-refractivity contribution in [1.29, 1.82) is 0 Å². The third-order valence-corrected chi connectivity index (χ3v) is 4.77. The van der Waals surface area contributed by atoms with Crippen LogP contribution in [0.2, 0.25) is 0 Å². The Bertz CT molecular complexity index is 861. The summed E-state index contributed by atoms with van der Waals surface area (Å²) in [4.78, 5) is 23.3. The van der Waals surface area contributed by atoms with Gasteiger partial charge in [-0.25, -0.2) is 4.98 Å². The van der Waals surface area contributed by atoms with Crippen molar-refractivity contribution in [3.05, 3.63) is 38.8 Å². The molecule has 0 fully saturated rings. The highest BCUT2D eigenvalue weighted by atomic mass is 32.1. The van der Waals surface area contributed by atoms with Crippen LogP contribution in [-0.2, 0) is 19.4 Å². The maximum atomic E-state index is 12.6. The number of thiophene rings is 1. The molecule has 7 heteroatoms. The van der Waals surface area contributed by atoms with Crippen LogP contribution < -0.4 is 5.56 Å². The minimum Gasteiger partial charge on any atom is -0.340 e. The summed E-state index contributed by atoms with van der Waals surface area (Å²) in [7, 11) is 0. The fraction of sp³-hybridized carbons (Fsp3) is 0.385. The minimum atomic E-state index is -0.00291. The molecule has 0 atom stereocenters. The number of aryl methyl sites for hydroxylation is 3. The number of hydrogen-bond donors (Lipinski definition) is 0. The Morgan fingerprint density at radius 2 is 2.35 bits per heavy atom. The first-order chi connectivity index (χ1) is 9.72. The van der Waals surface area contributed by atoms with Gasteiger partial charge in [-0.3, -0.25) is 9.36 Å². The van der Waals surface area contributed by atoms with Crippen LogP contribution >= 0.6 is 11.3 Å². The van der Waals surface area contributed by atoms with Crippen LogP contribution in [0.25, 0.3) is 10.2 Å². The molecular formula is C13H12N4O2S. The van der Waals surface area contributed by atoms with E-state index in [1.807, 2.05) is 0 Å². The Morgan fingerprint density at radius 1 is 1.45 bits per heavy atom. The molecule has 4 rings (SSSR count). The lowest BCUT2D eigenvalue weighted by Crippen LogP contribution is -2.21. The van der Waals surface area contributed by atoms with Crippen LogP contribution in [0.15, 0.2) is 15.6 Å². The smallest absolute Gasteiger partial charge is 0.262 e. The van der Waals surface area contributed by atoms with Crippen molar-refractivity contribution >= 4 is 21.6 Å². The second-order valence-electron chi connectivity index (χ2n) is 4.94. The lowest BCUT2D eigenvalue weighted by Gasteiger charge is -2.02. The van der Waals surface area contributed by atoms with E-state index in [4.69, 9.17) is 4.52 Å². The summed E-state index contributed by atoms with van der Waals surface area (Å²) in [6.07, 6.45) is 4.76. The number of fused-ring (bicyclic) bond motifs is 3. The van der Waals surface area contributed by atoms with E-state index in [-0.39, 0.29) is 5.56 Å². The van der Waals surface area contributed by atoms with Gasteiger partial charge >= 0.3 is 0 Å². The maximum absolute atomic E-state index is 12.6. The zero-order valence-corrected chi connectivity index (χ0v) is 11.7. The average Bonchev–Trinajstić information content (AvgIpc) is 3.08. The first-order valence-electron chi connectivity index (χ1n) is 6.51. The highest BCUT2D eigenvalue weighted by Crippen LogP contribution is 2.34. The predicted molar refractivity (Wildman–Crippen MR) is 74.0 cm³/mol. The molecule has 0 N–H and O–H groups in total. The monoisotopic (exact) mass is 288 g/mol. The summed E-state index contributed by atoms with van der Waals surface area (Å²) in [6, 6.07) is 0. The van der Waals surface area contributed by atoms with Gasteiger partial charge in [0.25, 0.3) is 5.56 Å². The third-order valence-electron chi connectivity index (χ3n) is 3.57. The van der Waals surface area contributed by atoms with E-state index in [0.29, 0.717) is 18.3 Å². The van der Waals surface area contributed by atoms with Crippen LogP contribution in [0.1, 0.15) is 28.6 Å². The Balaban J connectivity index is 1.85. The van der Waals surface area contributed by atoms with Gasteiger partial charge in [0.2, 0.25) is 5.89 Å². The van der Waals surface area contributed by atoms with Gasteiger partial charge in [0.1, 0.15) is 4.83 Å². The van der Waals surface area contributed by atoms with Crippen molar-refractivity contribution in [2.45, 2.75) is 32.7 Å². The van der Waals surface area contributed by atoms with Crippen LogP contribution in [0.3, 0.4) is 0 Å². The van der Waals surface area contributed by atoms with E-state index in [0.717, 1.165) is 29.5 Å². The standard InChI is InChI=1S/C13H12N4O2S/c1-7-15-10(16-19-7)5-17-6-14-12-11(13(17)18)8-3-2-4-9(8)20-12/h6H,2-5H2,1H3. The quantitative estimate of drug-likeness (QED) is 0.717. The number of nitrogens with zero attached hydrogens (tertiary/aromatic N) is 4. The molecule has 0 aromatic carbocycles. The third kappa shape index (κ3) is 1.70. The van der Waals surface area contributed by atoms with Crippen LogP contribution in [0.4, 0.5) is 0 Å². The number of hydrogen-bond acceptors (Lipinski definition) is 6. The predicted octanol–water partition coefficient (Wildman–Crippen LogP) is 1.69. The zero-order chi connectivity index (χ0) is 13.7. The van der Waals surface area contributed by atoms with Crippen LogP contribution in [-0.4, -0.2) is 19.7 Å². The van der Waals surface area contributed by atoms with E-state index in [1.54, 1.807) is 29.2 Å². The highest BCUT2D eigenvalue weighted by molar-refractivity contribution is 7.18. The second-order valence-corrected chi connectivity index (χ2v) is 6.03. The second kappa shape index (κ2) is 4.24. The Morgan fingerprint density at radius 3 is 3.15 bits per heavy atom. The molecule has 3 aromatic heterocycles. The molecule has 0 unspecified atom stereocenters. The normalized spacial score (nSPS) is 14.1. The van der Waals surface area contributed by atoms with Gasteiger partial charge in [0.05, 0.1) is 18.3 Å². The lowest BCUT2D eigenvalue weighted by atomic mass is 10.2. The van der Waals surface area contributed by atoms with Crippen molar-refractivity contribution < 1.29 is 4.52 Å². The molecule has 0 saturated carbocycles. The fourth-order valence-corrected chi connectivity index (χ4v) is 3.91. The molecule has 1 aliphatic rings. The molecule has 1 aliphatic carbocycles. The van der Waals surface area contributed by atoms with E-state index in [2.05, 4.69) is 15.1 Å². The van der Waals surface area contributed by atoms with E-state index < -0.39 is 0 Å². The summed E-state index contributed by atoms with van der Waals surface area (Å²) in [5.74, 6) is 0.996. The molecule has 102 valence electrons. The Hall–Kier alpha value is -2.02. The zero-order valence-electron chi connectivity index (χ0n) is 10.9. The molecular weight excluding hydrogens is 276 g/mol. The maximum Gasteiger partial charge on any atom is 0.262 e. The van der Waals surface area contributed by atoms with Crippen molar-refractivity contribution in [1.82, 2.24) is 19.7 Å². The summed E-state index contributed by atoms with van der Waals surface area (Å²) < 4.78 is 6.48. The molecule has 0 saturated heterocycles. The van der Waals surface area contributed by atoms with Gasteiger partial charge in [-0.1, -0.05) is 5.16 Å². The van der Waals surface area contributed by atoms with Crippen molar-refractivity contribution in [2.75, 3.05) is 0 Å². The molecule has 6 nitrogen and oxygen atoms in total. The highest BCUT2D eigenvalue weighted by Gasteiger charge is 2.21. The van der Waals surface area contributed by atoms with Gasteiger partial charge in [0, 0.05) is 11.8 Å². The topological polar surface area (TPSA) is 73.8 Å². The molecule has 3 heterocycles. The van der Waals surface area contributed by atoms with Gasteiger partial charge in [-0.15, -0.1) is 11.3 Å². The van der Waals surface area contributed by atoms with E-state index in [1.165, 1.54) is 10.4 Å². The summed E-state index contributed by atoms with van der Waals surface area (Å²) in [5, 5.41) is 4.60. The van der Waals surface area contributed by atoms with Crippen LogP contribution in [0, 0.1) is 6.92 Å². The lowest BCUT2D eigenvalue weighted by molar-refractivity contribution is 0.386. The molecule has 0 bridgehead atoms. The molecule has 20 heavy (non-hydrogen) atoms. The average molecular weight is 288 g/mol. The Kier molecular flexibility index (Phi) is 2.50. The van der Waals surface area contributed by atoms with Gasteiger partial charge < -0.3 is 4.52 Å². The van der Waals surface area contributed by atoms with Crippen molar-refractivity contribution in [2.24, 2.45) is 0 Å². The summed E-state index contributed by atoms with van der Waals surface area (Å²) in [5.41, 5.74) is 1.19. The molecule has 0 radical (unpaired) electrons. The first-order valence-corrected chi connectivity index (χ1v) is 7.33. The van der Waals surface area contributed by atoms with Gasteiger partial charge in [0.15, 0.2) is 5.82 Å². The number of rotatable bonds is 2. The number of aromatic nitrogens is 4. The summed E-state index contributed by atoms with van der Waals surface area (Å²) in [6.45, 7) is 2.02. The van der Waals surface area contributed by atoms with Gasteiger partial charge in [-0.2, -0.15) is 4.98 Å². The molecule has 0 aliphatic heterocycles. The first kappa shape index (κ1) is 11.8. The van der Waals surface area contributed by atoms with Gasteiger partial charge in [-0.05, 0) is 24.8 Å². The summed E-state index contributed by atoms with van der Waals surface area (Å²) >= 11 is 1.65. The molecule has 0 spiro atoms. The Labute approximate surface area is 118 Å². The van der Waals surface area contributed by atoms with Crippen molar-refractivity contribution in [3.8, 4) is 0 Å². The van der Waals surface area contributed by atoms with Crippen molar-refractivity contribution in [3.63, 3.8) is 0 Å². The molecule has 0 amide bonds. The van der Waals surface area contributed by atoms with E-state index >= 15 is 0 Å². The molecule has 3 aromatic rings. The SMILES string of the molecule is Cc1nc(Cn2cnc3sc4c(c3c2=O)CCC4)no1. The van der Waals surface area contributed by atoms with Crippen LogP contribution in [0.5, 0.6) is 0 Å². The largest absolute Gasteiger partial charge is 0.340 e. The van der Waals surface area contributed by atoms with E-state index in [9.17, 15) is 4.79 Å².